The van der Waals surface area contributed by atoms with Gasteiger partial charge in [-0.3, -0.25) is 0 Å². The number of halogens is 12. The molecule has 1 rings (SSSR count). The molecule has 1 unspecified atom stereocenters. The molecule has 0 spiro atoms. The summed E-state index contributed by atoms with van der Waals surface area (Å²) in [7, 11) is 0. The summed E-state index contributed by atoms with van der Waals surface area (Å²) >= 11 is 0. The number of rotatable bonds is 1. The summed E-state index contributed by atoms with van der Waals surface area (Å²) in [5.74, 6) is 0. The number of hydrogen-bond acceptors (Lipinski definition) is 1. The number of aliphatic hydroxyl groups excluding tert-OH is 1. The average Bonchev–Trinajstić information content (AvgIpc) is 2.31. The number of aliphatic hydroxyl groups is 1. The molecule has 1 N–H and O–H groups in total. The van der Waals surface area contributed by atoms with Crippen LogP contribution in [0.4, 0.5) is 52.7 Å². The lowest BCUT2D eigenvalue weighted by atomic mass is 9.87. The van der Waals surface area contributed by atoms with Crippen LogP contribution in [-0.2, 0) is 24.7 Å². The molecule has 25 heavy (non-hydrogen) atoms. The van der Waals surface area contributed by atoms with Gasteiger partial charge < -0.3 is 5.11 Å². The topological polar surface area (TPSA) is 20.2 Å². The first kappa shape index (κ1) is 21.4. The van der Waals surface area contributed by atoms with E-state index in [1.54, 1.807) is 0 Å². The van der Waals surface area contributed by atoms with Gasteiger partial charge in [-0.05, 0) is 13.0 Å². The molecule has 0 aliphatic heterocycles. The van der Waals surface area contributed by atoms with Crippen LogP contribution in [0.3, 0.4) is 0 Å². The zero-order valence-electron chi connectivity index (χ0n) is 11.6. The first-order valence-electron chi connectivity index (χ1n) is 5.97. The molecule has 1 nitrogen and oxygen atoms in total. The van der Waals surface area contributed by atoms with Crippen molar-refractivity contribution in [2.45, 2.75) is 37.7 Å². The predicted octanol–water partition coefficient (Wildman–Crippen LogP) is 5.82. The quantitative estimate of drug-likeness (QED) is 0.596. The molecule has 0 radical (unpaired) electrons. The molecular weight excluding hydrogens is 388 g/mol. The first-order valence-corrected chi connectivity index (χ1v) is 5.97. The highest BCUT2D eigenvalue weighted by Crippen LogP contribution is 2.51. The van der Waals surface area contributed by atoms with Crippen LogP contribution in [0.15, 0.2) is 6.07 Å². The third-order valence-corrected chi connectivity index (χ3v) is 2.96. The van der Waals surface area contributed by atoms with Gasteiger partial charge in [0, 0.05) is 5.56 Å². The van der Waals surface area contributed by atoms with Crippen LogP contribution < -0.4 is 0 Å². The van der Waals surface area contributed by atoms with Gasteiger partial charge in [0.25, 0.3) is 0 Å². The Kier molecular flexibility index (Phi) is 5.09. The molecule has 0 saturated carbocycles. The summed E-state index contributed by atoms with van der Waals surface area (Å²) in [5.41, 5.74) is -14.5. The number of hydrogen-bond donors (Lipinski definition) is 1. The summed E-state index contributed by atoms with van der Waals surface area (Å²) in [6, 6.07) is -1.25. The lowest BCUT2D eigenvalue weighted by Gasteiger charge is -2.27. The van der Waals surface area contributed by atoms with Gasteiger partial charge in [-0.25, -0.2) is 0 Å². The van der Waals surface area contributed by atoms with Crippen LogP contribution in [0.2, 0.25) is 0 Å². The molecule has 1 aromatic carbocycles. The van der Waals surface area contributed by atoms with Gasteiger partial charge >= 0.3 is 24.7 Å². The Morgan fingerprint density at radius 3 is 1.08 bits per heavy atom. The zero-order chi connectivity index (χ0) is 20.2. The van der Waals surface area contributed by atoms with E-state index in [-0.39, 0.29) is 6.92 Å². The molecule has 1 atom stereocenters. The Balaban J connectivity index is 4.29. The smallest absolute Gasteiger partial charge is 0.389 e. The number of alkyl halides is 12. The molecule has 0 fully saturated rings. The Labute approximate surface area is 130 Å². The fraction of sp³-hybridized carbons (Fsp3) is 0.500. The molecule has 0 bridgehead atoms. The molecule has 13 heteroatoms. The van der Waals surface area contributed by atoms with Crippen molar-refractivity contribution in [3.63, 3.8) is 0 Å². The highest BCUT2D eigenvalue weighted by molar-refractivity contribution is 5.52. The Hall–Kier alpha value is -1.66. The maximum absolute atomic E-state index is 12.9. The maximum Gasteiger partial charge on any atom is 0.417 e. The Morgan fingerprint density at radius 1 is 0.640 bits per heavy atom. The normalized spacial score (nSPS) is 15.4. The molecule has 0 saturated heterocycles. The van der Waals surface area contributed by atoms with E-state index in [9.17, 15) is 52.7 Å². The minimum Gasteiger partial charge on any atom is -0.389 e. The fourth-order valence-corrected chi connectivity index (χ4v) is 2.18. The fourth-order valence-electron chi connectivity index (χ4n) is 2.18. The Morgan fingerprint density at radius 2 is 0.920 bits per heavy atom. The van der Waals surface area contributed by atoms with Crippen molar-refractivity contribution in [1.82, 2.24) is 0 Å². The van der Waals surface area contributed by atoms with Crippen molar-refractivity contribution >= 4 is 0 Å². The maximum atomic E-state index is 12.9. The van der Waals surface area contributed by atoms with Crippen LogP contribution in [0.5, 0.6) is 0 Å². The lowest BCUT2D eigenvalue weighted by molar-refractivity contribution is -0.172. The Bertz CT molecular complexity index is 594. The number of benzene rings is 1. The minimum atomic E-state index is -6.11. The molecule has 0 aliphatic carbocycles. The van der Waals surface area contributed by atoms with Crippen molar-refractivity contribution in [3.8, 4) is 0 Å². The lowest BCUT2D eigenvalue weighted by Crippen LogP contribution is -2.28. The van der Waals surface area contributed by atoms with E-state index in [0.717, 1.165) is 0 Å². The van der Waals surface area contributed by atoms with Gasteiger partial charge in [0.15, 0.2) is 0 Å². The summed E-state index contributed by atoms with van der Waals surface area (Å²) in [6.07, 6.45) is -27.3. The van der Waals surface area contributed by atoms with Gasteiger partial charge in [-0.15, -0.1) is 0 Å². The van der Waals surface area contributed by atoms with Gasteiger partial charge in [0.1, 0.15) is 0 Å². The summed E-state index contributed by atoms with van der Waals surface area (Å²) in [6.45, 7) is 0.195. The third kappa shape index (κ3) is 4.30. The van der Waals surface area contributed by atoms with E-state index in [1.165, 1.54) is 0 Å². The van der Waals surface area contributed by atoms with E-state index in [2.05, 4.69) is 0 Å². The van der Waals surface area contributed by atoms with E-state index in [1.807, 2.05) is 0 Å². The minimum absolute atomic E-state index is 0.195. The van der Waals surface area contributed by atoms with Crippen LogP contribution in [0, 0.1) is 0 Å². The van der Waals surface area contributed by atoms with Gasteiger partial charge in [0.05, 0.1) is 28.4 Å². The molecule has 1 aromatic rings. The molecule has 0 aliphatic rings. The second kappa shape index (κ2) is 5.95. The largest absolute Gasteiger partial charge is 0.417 e. The monoisotopic (exact) mass is 394 g/mol. The van der Waals surface area contributed by atoms with Crippen LogP contribution in [-0.4, -0.2) is 5.11 Å². The molecular formula is C12H6F12O. The van der Waals surface area contributed by atoms with Crippen LogP contribution in [0.25, 0.3) is 0 Å². The van der Waals surface area contributed by atoms with Gasteiger partial charge in [-0.1, -0.05) is 0 Å². The van der Waals surface area contributed by atoms with Crippen molar-refractivity contribution in [1.29, 1.82) is 0 Å². The summed E-state index contributed by atoms with van der Waals surface area (Å²) in [4.78, 5) is 0. The second-order valence-electron chi connectivity index (χ2n) is 4.80. The van der Waals surface area contributed by atoms with E-state index < -0.39 is 64.7 Å². The zero-order valence-corrected chi connectivity index (χ0v) is 11.6. The molecule has 0 heterocycles. The van der Waals surface area contributed by atoms with Gasteiger partial charge in [-0.2, -0.15) is 52.7 Å². The molecule has 0 aromatic heterocycles. The van der Waals surface area contributed by atoms with Gasteiger partial charge in [0.2, 0.25) is 0 Å². The van der Waals surface area contributed by atoms with Crippen LogP contribution >= 0.6 is 0 Å². The predicted molar refractivity (Wildman–Crippen MR) is 57.1 cm³/mol. The SMILES string of the molecule is CC(O)c1c(C(F)(F)F)c(C(F)(F)F)cc(C(F)(F)F)c1C(F)(F)F. The van der Waals surface area contributed by atoms with E-state index in [4.69, 9.17) is 5.11 Å². The van der Waals surface area contributed by atoms with Crippen molar-refractivity contribution in [2.75, 3.05) is 0 Å². The third-order valence-electron chi connectivity index (χ3n) is 2.96. The average molecular weight is 394 g/mol. The highest BCUT2D eigenvalue weighted by Gasteiger charge is 2.53. The molecule has 144 valence electrons. The standard InChI is InChI=1S/C12H6F12O/c1-3(25)6-7(11(19,20)21)4(9(13,14)15)2-5(10(16,17)18)8(6)12(22,23)24/h2-3,25H,1H3. The summed E-state index contributed by atoms with van der Waals surface area (Å²) in [5, 5.41) is 9.16. The second-order valence-corrected chi connectivity index (χ2v) is 4.80. The van der Waals surface area contributed by atoms with Crippen LogP contribution in [0.1, 0.15) is 40.8 Å². The molecule has 0 amide bonds. The first-order chi connectivity index (χ1) is 10.8. The van der Waals surface area contributed by atoms with Crippen molar-refractivity contribution in [3.05, 3.63) is 33.9 Å². The highest BCUT2D eigenvalue weighted by atomic mass is 19.4. The summed E-state index contributed by atoms with van der Waals surface area (Å²) < 4.78 is 154. The van der Waals surface area contributed by atoms with Crippen molar-refractivity contribution < 1.29 is 57.8 Å². The van der Waals surface area contributed by atoms with Crippen molar-refractivity contribution in [2.24, 2.45) is 0 Å². The van der Waals surface area contributed by atoms with E-state index >= 15 is 0 Å². The van der Waals surface area contributed by atoms with E-state index in [0.29, 0.717) is 0 Å².